The minimum absolute atomic E-state index is 0.279. The molecule has 152 valence electrons. The fourth-order valence-electron chi connectivity index (χ4n) is 3.60. The third-order valence-corrected chi connectivity index (χ3v) is 5.85. The Labute approximate surface area is 175 Å². The summed E-state index contributed by atoms with van der Waals surface area (Å²) in [5.74, 6) is 1.40. The lowest BCUT2D eigenvalue weighted by atomic mass is 10.2. The van der Waals surface area contributed by atoms with Crippen molar-refractivity contribution in [1.29, 1.82) is 0 Å². The molecule has 0 unspecified atom stereocenters. The van der Waals surface area contributed by atoms with E-state index in [9.17, 15) is 4.79 Å². The van der Waals surface area contributed by atoms with E-state index >= 15 is 0 Å². The Kier molecular flexibility index (Phi) is 4.47. The molecule has 1 aliphatic heterocycles. The first kappa shape index (κ1) is 18.4. The number of fused-ring (bicyclic) bond motifs is 2. The van der Waals surface area contributed by atoms with Gasteiger partial charge in [-0.2, -0.15) is 15.0 Å². The molecule has 1 aliphatic rings. The molecule has 4 heterocycles. The highest BCUT2D eigenvalue weighted by molar-refractivity contribution is 7.09. The predicted octanol–water partition coefficient (Wildman–Crippen LogP) is 2.56. The first-order valence-corrected chi connectivity index (χ1v) is 10.3. The van der Waals surface area contributed by atoms with Crippen molar-refractivity contribution in [2.45, 2.75) is 13.0 Å². The second-order valence-electron chi connectivity index (χ2n) is 6.78. The number of thiophene rings is 1. The lowest BCUT2D eigenvalue weighted by Gasteiger charge is -2.13. The fourth-order valence-corrected chi connectivity index (χ4v) is 4.24. The molecule has 9 nitrogen and oxygen atoms in total. The topological polar surface area (TPSA) is 120 Å². The number of methoxy groups -OCH3 is 1. The number of primary amides is 1. The maximum atomic E-state index is 11.8. The first-order chi connectivity index (χ1) is 14.7. The van der Waals surface area contributed by atoms with Crippen molar-refractivity contribution >= 4 is 39.9 Å². The van der Waals surface area contributed by atoms with E-state index in [0.717, 1.165) is 30.2 Å². The van der Waals surface area contributed by atoms with Crippen LogP contribution in [0.15, 0.2) is 35.7 Å². The van der Waals surface area contributed by atoms with Gasteiger partial charge in [0.25, 0.3) is 5.91 Å². The zero-order valence-corrected chi connectivity index (χ0v) is 17.0. The van der Waals surface area contributed by atoms with Crippen molar-refractivity contribution in [1.82, 2.24) is 19.5 Å². The molecular formula is C20H19N7O2S. The van der Waals surface area contributed by atoms with Crippen LogP contribution in [0.1, 0.15) is 20.8 Å². The van der Waals surface area contributed by atoms with Crippen LogP contribution in [0.25, 0.3) is 17.0 Å². The van der Waals surface area contributed by atoms with Crippen LogP contribution in [0, 0.1) is 0 Å². The molecule has 5 rings (SSSR count). The number of nitrogens with zero attached hydrogens (tertiary/aromatic N) is 4. The van der Waals surface area contributed by atoms with Gasteiger partial charge in [-0.15, -0.1) is 11.3 Å². The van der Waals surface area contributed by atoms with Gasteiger partial charge in [0.2, 0.25) is 5.95 Å². The third kappa shape index (κ3) is 3.01. The van der Waals surface area contributed by atoms with Gasteiger partial charge in [-0.05, 0) is 30.0 Å². The van der Waals surface area contributed by atoms with Gasteiger partial charge in [-0.3, -0.25) is 4.79 Å². The average Bonchev–Trinajstić information content (AvgIpc) is 3.50. The van der Waals surface area contributed by atoms with Crippen LogP contribution in [-0.2, 0) is 13.0 Å². The molecule has 4 aromatic rings. The molecule has 4 N–H and O–H groups in total. The van der Waals surface area contributed by atoms with Gasteiger partial charge >= 0.3 is 6.01 Å². The number of benzene rings is 1. The summed E-state index contributed by atoms with van der Waals surface area (Å²) in [5, 5.41) is 8.80. The lowest BCUT2D eigenvalue weighted by Crippen LogP contribution is -2.12. The number of amides is 1. The number of nitrogens with one attached hydrogen (secondary N) is 2. The van der Waals surface area contributed by atoms with Crippen molar-refractivity contribution < 1.29 is 9.53 Å². The Morgan fingerprint density at radius 1 is 1.30 bits per heavy atom. The largest absolute Gasteiger partial charge is 0.468 e. The zero-order chi connectivity index (χ0) is 20.7. The zero-order valence-electron chi connectivity index (χ0n) is 16.2. The Morgan fingerprint density at radius 3 is 2.97 bits per heavy atom. The number of hydrogen-bond donors (Lipinski definition) is 3. The number of imidazole rings is 1. The summed E-state index contributed by atoms with van der Waals surface area (Å²) in [6.07, 6.45) is 0.843. The Hall–Kier alpha value is -3.66. The SMILES string of the molecule is COc1nc2c(C(N)=O)cccc2n1-c1nc2c(c(NCc3cccs3)n1)CCN2. The van der Waals surface area contributed by atoms with Gasteiger partial charge in [0, 0.05) is 17.0 Å². The molecule has 0 bridgehead atoms. The number of rotatable bonds is 6. The molecule has 0 aliphatic carbocycles. The second kappa shape index (κ2) is 7.30. The molecule has 0 atom stereocenters. The molecule has 30 heavy (non-hydrogen) atoms. The Balaban J connectivity index is 1.65. The highest BCUT2D eigenvalue weighted by Crippen LogP contribution is 2.32. The third-order valence-electron chi connectivity index (χ3n) is 4.98. The molecule has 0 radical (unpaired) electrons. The van der Waals surface area contributed by atoms with E-state index in [-0.39, 0.29) is 6.01 Å². The van der Waals surface area contributed by atoms with Crippen LogP contribution in [0.2, 0.25) is 0 Å². The van der Waals surface area contributed by atoms with Crippen molar-refractivity contribution in [2.75, 3.05) is 24.3 Å². The van der Waals surface area contributed by atoms with Crippen LogP contribution < -0.4 is 21.1 Å². The molecule has 3 aromatic heterocycles. The summed E-state index contributed by atoms with van der Waals surface area (Å²) in [6, 6.07) is 9.61. The van der Waals surface area contributed by atoms with Gasteiger partial charge < -0.3 is 21.1 Å². The van der Waals surface area contributed by atoms with Crippen LogP contribution in [0.5, 0.6) is 6.01 Å². The molecule has 0 fully saturated rings. The molecule has 0 spiro atoms. The Bertz CT molecular complexity index is 1250. The number of anilines is 2. The maximum Gasteiger partial charge on any atom is 0.304 e. The number of ether oxygens (including phenoxy) is 1. The highest BCUT2D eigenvalue weighted by Gasteiger charge is 2.24. The van der Waals surface area contributed by atoms with Crippen molar-refractivity contribution in [2.24, 2.45) is 5.73 Å². The van der Waals surface area contributed by atoms with E-state index in [1.165, 1.54) is 12.0 Å². The summed E-state index contributed by atoms with van der Waals surface area (Å²) in [6.45, 7) is 1.48. The number of carbonyl (C=O) groups is 1. The standard InChI is InChI=1S/C20H19N7O2S/c1-29-20-24-15-12(16(21)28)5-2-6-14(15)27(20)19-25-17-13(7-8-22-17)18(26-19)23-10-11-4-3-9-30-11/h2-6,9H,7-8,10H2,1H3,(H2,21,28)(H2,22,23,25,26). The van der Waals surface area contributed by atoms with E-state index in [1.54, 1.807) is 28.0 Å². The molecular weight excluding hydrogens is 402 g/mol. The minimum Gasteiger partial charge on any atom is -0.468 e. The monoisotopic (exact) mass is 421 g/mol. The van der Waals surface area contributed by atoms with Gasteiger partial charge in [-0.1, -0.05) is 12.1 Å². The van der Waals surface area contributed by atoms with Crippen molar-refractivity contribution in [3.8, 4) is 12.0 Å². The van der Waals surface area contributed by atoms with Gasteiger partial charge in [0.15, 0.2) is 0 Å². The van der Waals surface area contributed by atoms with Crippen LogP contribution in [0.3, 0.4) is 0 Å². The molecule has 0 saturated heterocycles. The van der Waals surface area contributed by atoms with Gasteiger partial charge in [0.05, 0.1) is 24.7 Å². The van der Waals surface area contributed by atoms with Crippen LogP contribution in [0.4, 0.5) is 11.6 Å². The summed E-state index contributed by atoms with van der Waals surface area (Å²) in [4.78, 5) is 27.0. The summed E-state index contributed by atoms with van der Waals surface area (Å²) < 4.78 is 7.17. The fraction of sp³-hybridized carbons (Fsp3) is 0.200. The van der Waals surface area contributed by atoms with Crippen LogP contribution in [-0.4, -0.2) is 39.1 Å². The van der Waals surface area contributed by atoms with E-state index in [4.69, 9.17) is 20.4 Å². The maximum absolute atomic E-state index is 11.8. The number of aromatic nitrogens is 4. The summed E-state index contributed by atoms with van der Waals surface area (Å²) >= 11 is 1.69. The smallest absolute Gasteiger partial charge is 0.304 e. The van der Waals surface area contributed by atoms with E-state index in [2.05, 4.69) is 21.7 Å². The van der Waals surface area contributed by atoms with E-state index < -0.39 is 5.91 Å². The normalized spacial score (nSPS) is 12.6. The average molecular weight is 421 g/mol. The van der Waals surface area contributed by atoms with Crippen molar-refractivity contribution in [3.63, 3.8) is 0 Å². The van der Waals surface area contributed by atoms with E-state index in [0.29, 0.717) is 29.1 Å². The van der Waals surface area contributed by atoms with E-state index in [1.807, 2.05) is 17.5 Å². The first-order valence-electron chi connectivity index (χ1n) is 9.42. The molecule has 0 saturated carbocycles. The predicted molar refractivity (Wildman–Crippen MR) is 116 cm³/mol. The number of hydrogen-bond acceptors (Lipinski definition) is 8. The molecule has 10 heteroatoms. The quantitative estimate of drug-likeness (QED) is 0.438. The van der Waals surface area contributed by atoms with Crippen LogP contribution >= 0.6 is 11.3 Å². The van der Waals surface area contributed by atoms with Gasteiger partial charge in [0.1, 0.15) is 17.2 Å². The van der Waals surface area contributed by atoms with Gasteiger partial charge in [-0.25, -0.2) is 4.57 Å². The van der Waals surface area contributed by atoms with Crippen molar-refractivity contribution in [3.05, 3.63) is 51.7 Å². The Morgan fingerprint density at radius 2 is 2.20 bits per heavy atom. The number of para-hydroxylation sites is 1. The minimum atomic E-state index is -0.553. The summed E-state index contributed by atoms with van der Waals surface area (Å²) in [7, 11) is 1.52. The second-order valence-corrected chi connectivity index (χ2v) is 7.81. The number of nitrogens with two attached hydrogens (primary N) is 1. The molecule has 1 amide bonds. The highest BCUT2D eigenvalue weighted by atomic mass is 32.1. The lowest BCUT2D eigenvalue weighted by molar-refractivity contribution is 0.100. The molecule has 1 aromatic carbocycles. The summed E-state index contributed by atoms with van der Waals surface area (Å²) in [5.41, 5.74) is 7.99. The number of carbonyl (C=O) groups excluding carboxylic acids is 1.